The summed E-state index contributed by atoms with van der Waals surface area (Å²) in [6.07, 6.45) is 3.31. The molecule has 0 spiro atoms. The van der Waals surface area contributed by atoms with Gasteiger partial charge in [-0.25, -0.2) is 4.79 Å². The molecule has 1 fully saturated rings. The Morgan fingerprint density at radius 2 is 1.75 bits per heavy atom. The standard InChI is InChI=1S/C26H21N3O7/c30-22(28-21-6-2-1-5-19(21)23(31)27-16-8-9-16)14-36-26(34)15-7-10-18-20(12-15)25(33)29(24(18)32)13-17-4-3-11-35-17/h1-7,10-12,16H,8-9,13-14H2,(H,27,31)(H,28,30). The molecule has 0 saturated heterocycles. The Morgan fingerprint density at radius 1 is 0.972 bits per heavy atom. The first-order valence-electron chi connectivity index (χ1n) is 11.3. The number of para-hydroxylation sites is 1. The Bertz CT molecular complexity index is 1380. The number of nitrogens with zero attached hydrogens (tertiary/aromatic N) is 1. The van der Waals surface area contributed by atoms with E-state index in [-0.39, 0.29) is 35.2 Å². The van der Waals surface area contributed by atoms with Crippen molar-refractivity contribution in [3.8, 4) is 0 Å². The van der Waals surface area contributed by atoms with Crippen LogP contribution >= 0.6 is 0 Å². The first-order valence-corrected chi connectivity index (χ1v) is 11.3. The van der Waals surface area contributed by atoms with Crippen molar-refractivity contribution in [3.05, 3.63) is 88.9 Å². The summed E-state index contributed by atoms with van der Waals surface area (Å²) in [6.45, 7) is -0.633. The number of furan rings is 1. The predicted octanol–water partition coefficient (Wildman–Crippen LogP) is 2.76. The number of ether oxygens (including phenoxy) is 1. The summed E-state index contributed by atoms with van der Waals surface area (Å²) in [7, 11) is 0. The SMILES string of the molecule is O=C(COC(=O)c1ccc2c(c1)C(=O)N(Cc1ccco1)C2=O)Nc1ccccc1C(=O)NC1CC1. The molecule has 2 heterocycles. The Morgan fingerprint density at radius 3 is 2.50 bits per heavy atom. The zero-order valence-corrected chi connectivity index (χ0v) is 19.0. The maximum Gasteiger partial charge on any atom is 0.338 e. The van der Waals surface area contributed by atoms with E-state index in [0.717, 1.165) is 17.7 Å². The van der Waals surface area contributed by atoms with E-state index in [1.165, 1.54) is 24.5 Å². The highest BCUT2D eigenvalue weighted by molar-refractivity contribution is 6.21. The molecule has 0 bridgehead atoms. The maximum absolute atomic E-state index is 12.7. The highest BCUT2D eigenvalue weighted by Gasteiger charge is 2.36. The number of carbonyl (C=O) groups is 5. The van der Waals surface area contributed by atoms with E-state index in [9.17, 15) is 24.0 Å². The summed E-state index contributed by atoms with van der Waals surface area (Å²) in [5.41, 5.74) is 0.870. The smallest absolute Gasteiger partial charge is 0.338 e. The van der Waals surface area contributed by atoms with Crippen LogP contribution in [0, 0.1) is 0 Å². The molecule has 0 radical (unpaired) electrons. The third-order valence-corrected chi connectivity index (χ3v) is 5.79. The lowest BCUT2D eigenvalue weighted by Crippen LogP contribution is -2.28. The van der Waals surface area contributed by atoms with Crippen molar-refractivity contribution in [1.82, 2.24) is 10.2 Å². The molecule has 36 heavy (non-hydrogen) atoms. The van der Waals surface area contributed by atoms with Gasteiger partial charge in [-0.05, 0) is 55.3 Å². The van der Waals surface area contributed by atoms with Gasteiger partial charge < -0.3 is 19.8 Å². The number of rotatable bonds is 8. The highest BCUT2D eigenvalue weighted by Crippen LogP contribution is 2.26. The largest absolute Gasteiger partial charge is 0.467 e. The van der Waals surface area contributed by atoms with Crippen LogP contribution in [0.4, 0.5) is 5.69 Å². The first-order chi connectivity index (χ1) is 17.4. The monoisotopic (exact) mass is 487 g/mol. The fraction of sp³-hybridized carbons (Fsp3) is 0.192. The van der Waals surface area contributed by atoms with Crippen molar-refractivity contribution in [2.45, 2.75) is 25.4 Å². The van der Waals surface area contributed by atoms with Gasteiger partial charge in [0, 0.05) is 6.04 Å². The number of anilines is 1. The fourth-order valence-electron chi connectivity index (χ4n) is 3.80. The van der Waals surface area contributed by atoms with Gasteiger partial charge in [-0.15, -0.1) is 0 Å². The highest BCUT2D eigenvalue weighted by atomic mass is 16.5. The van der Waals surface area contributed by atoms with E-state index in [1.807, 2.05) is 0 Å². The average Bonchev–Trinajstić information content (AvgIpc) is 3.48. The number of benzene rings is 2. The van der Waals surface area contributed by atoms with Crippen molar-refractivity contribution in [2.24, 2.45) is 0 Å². The quantitative estimate of drug-likeness (QED) is 0.368. The van der Waals surface area contributed by atoms with E-state index < -0.39 is 30.3 Å². The van der Waals surface area contributed by atoms with Gasteiger partial charge in [-0.3, -0.25) is 24.1 Å². The normalized spacial score (nSPS) is 14.4. The van der Waals surface area contributed by atoms with Gasteiger partial charge in [0.15, 0.2) is 6.61 Å². The van der Waals surface area contributed by atoms with Gasteiger partial charge >= 0.3 is 5.97 Å². The Balaban J connectivity index is 1.21. The van der Waals surface area contributed by atoms with Crippen LogP contribution in [0.5, 0.6) is 0 Å². The minimum Gasteiger partial charge on any atom is -0.467 e. The van der Waals surface area contributed by atoms with Crippen molar-refractivity contribution >= 4 is 35.3 Å². The number of esters is 1. The van der Waals surface area contributed by atoms with Gasteiger partial charge in [0.2, 0.25) is 0 Å². The second-order valence-electron chi connectivity index (χ2n) is 8.45. The van der Waals surface area contributed by atoms with Crippen LogP contribution < -0.4 is 10.6 Å². The summed E-state index contributed by atoms with van der Waals surface area (Å²) in [6, 6.07) is 14.0. The van der Waals surface area contributed by atoms with E-state index in [1.54, 1.807) is 36.4 Å². The Kier molecular flexibility index (Phi) is 6.07. The molecular weight excluding hydrogens is 466 g/mol. The van der Waals surface area contributed by atoms with Gasteiger partial charge in [-0.2, -0.15) is 0 Å². The third kappa shape index (κ3) is 4.74. The summed E-state index contributed by atoms with van der Waals surface area (Å²) in [5.74, 6) is -2.36. The van der Waals surface area contributed by atoms with E-state index in [4.69, 9.17) is 9.15 Å². The number of hydrogen-bond acceptors (Lipinski definition) is 7. The van der Waals surface area contributed by atoms with E-state index in [0.29, 0.717) is 17.0 Å². The molecule has 2 aliphatic rings. The molecule has 4 amide bonds. The second kappa shape index (κ2) is 9.49. The van der Waals surface area contributed by atoms with E-state index >= 15 is 0 Å². The Labute approximate surface area is 205 Å². The molecule has 1 saturated carbocycles. The molecule has 0 unspecified atom stereocenters. The van der Waals surface area contributed by atoms with Gasteiger partial charge in [-0.1, -0.05) is 12.1 Å². The lowest BCUT2D eigenvalue weighted by atomic mass is 10.1. The summed E-state index contributed by atoms with van der Waals surface area (Å²) >= 11 is 0. The number of hydrogen-bond donors (Lipinski definition) is 2. The lowest BCUT2D eigenvalue weighted by Gasteiger charge is -2.11. The molecule has 1 aliphatic heterocycles. The van der Waals surface area contributed by atoms with Crippen molar-refractivity contribution in [2.75, 3.05) is 11.9 Å². The lowest BCUT2D eigenvalue weighted by molar-refractivity contribution is -0.119. The minimum absolute atomic E-state index is 0.0201. The van der Waals surface area contributed by atoms with Gasteiger partial charge in [0.1, 0.15) is 5.76 Å². The van der Waals surface area contributed by atoms with E-state index in [2.05, 4.69) is 10.6 Å². The molecule has 3 aromatic rings. The summed E-state index contributed by atoms with van der Waals surface area (Å²) < 4.78 is 10.3. The summed E-state index contributed by atoms with van der Waals surface area (Å²) in [5, 5.41) is 5.44. The molecule has 10 heteroatoms. The number of carbonyl (C=O) groups excluding carboxylic acids is 5. The van der Waals surface area contributed by atoms with Crippen molar-refractivity contribution < 1.29 is 33.1 Å². The van der Waals surface area contributed by atoms with Crippen LogP contribution in [-0.2, 0) is 16.1 Å². The summed E-state index contributed by atoms with van der Waals surface area (Å²) in [4.78, 5) is 63.7. The second-order valence-corrected chi connectivity index (χ2v) is 8.45. The van der Waals surface area contributed by atoms with Crippen molar-refractivity contribution in [3.63, 3.8) is 0 Å². The number of nitrogens with one attached hydrogen (secondary N) is 2. The first kappa shape index (κ1) is 23.0. The number of amides is 4. The number of fused-ring (bicyclic) bond motifs is 1. The minimum atomic E-state index is -0.836. The third-order valence-electron chi connectivity index (χ3n) is 5.79. The van der Waals surface area contributed by atoms with Crippen molar-refractivity contribution in [1.29, 1.82) is 0 Å². The maximum atomic E-state index is 12.7. The zero-order chi connectivity index (χ0) is 25.2. The Hall–Kier alpha value is -4.73. The van der Waals surface area contributed by atoms with Crippen LogP contribution in [0.2, 0.25) is 0 Å². The molecule has 2 aromatic carbocycles. The molecule has 2 N–H and O–H groups in total. The van der Waals surface area contributed by atoms with Crippen LogP contribution in [0.15, 0.2) is 65.3 Å². The van der Waals surface area contributed by atoms with Gasteiger partial charge in [0.25, 0.3) is 23.6 Å². The molecule has 1 aromatic heterocycles. The molecule has 182 valence electrons. The predicted molar refractivity (Wildman–Crippen MR) is 125 cm³/mol. The van der Waals surface area contributed by atoms with Crippen LogP contribution in [0.3, 0.4) is 0 Å². The molecular formula is C26H21N3O7. The zero-order valence-electron chi connectivity index (χ0n) is 19.0. The molecule has 1 aliphatic carbocycles. The average molecular weight is 487 g/mol. The molecule has 5 rings (SSSR count). The van der Waals surface area contributed by atoms with Crippen LogP contribution in [-0.4, -0.2) is 47.1 Å². The van der Waals surface area contributed by atoms with Gasteiger partial charge in [0.05, 0.1) is 40.7 Å². The number of imide groups is 1. The van der Waals surface area contributed by atoms with Crippen LogP contribution in [0.25, 0.3) is 0 Å². The fourth-order valence-corrected chi connectivity index (χ4v) is 3.80. The van der Waals surface area contributed by atoms with Crippen LogP contribution in [0.1, 0.15) is 60.0 Å². The molecule has 0 atom stereocenters. The molecule has 10 nitrogen and oxygen atoms in total. The topological polar surface area (TPSA) is 135 Å².